The molecule has 2 unspecified atom stereocenters. The maximum absolute atomic E-state index is 14.3. The van der Waals surface area contributed by atoms with Gasteiger partial charge in [0.2, 0.25) is 10.0 Å². The van der Waals surface area contributed by atoms with Crippen LogP contribution >= 0.6 is 0 Å². The highest BCUT2D eigenvalue weighted by Gasteiger charge is 2.31. The molecular weight excluding hydrogens is 302 g/mol. The lowest BCUT2D eigenvalue weighted by Gasteiger charge is -2.17. The molecule has 2 atom stereocenters. The van der Waals surface area contributed by atoms with Gasteiger partial charge in [0, 0.05) is 18.7 Å². The molecule has 118 valence electrons. The Morgan fingerprint density at radius 3 is 2.67 bits per heavy atom. The summed E-state index contributed by atoms with van der Waals surface area (Å²) in [4.78, 5) is -0.548. The monoisotopic (exact) mass is 320 g/mol. The zero-order valence-corrected chi connectivity index (χ0v) is 12.6. The first-order valence-corrected chi connectivity index (χ1v) is 8.10. The Kier molecular flexibility index (Phi) is 4.92. The van der Waals surface area contributed by atoms with Gasteiger partial charge in [-0.05, 0) is 32.5 Å². The summed E-state index contributed by atoms with van der Waals surface area (Å²) in [5.74, 6) is -1.85. The average Bonchev–Trinajstić information content (AvgIpc) is 2.79. The predicted molar refractivity (Wildman–Crippen MR) is 73.3 cm³/mol. The molecule has 2 N–H and O–H groups in total. The molecule has 1 heterocycles. The van der Waals surface area contributed by atoms with Gasteiger partial charge in [-0.2, -0.15) is 0 Å². The van der Waals surface area contributed by atoms with Crippen LogP contribution in [0.4, 0.5) is 8.78 Å². The zero-order valence-electron chi connectivity index (χ0n) is 11.8. The van der Waals surface area contributed by atoms with Crippen LogP contribution in [0.3, 0.4) is 0 Å². The molecule has 0 amide bonds. The van der Waals surface area contributed by atoms with E-state index < -0.39 is 32.6 Å². The van der Waals surface area contributed by atoms with Crippen molar-refractivity contribution in [1.82, 2.24) is 10.0 Å². The van der Waals surface area contributed by atoms with Gasteiger partial charge in [0.15, 0.2) is 5.82 Å². The number of rotatable bonds is 5. The minimum atomic E-state index is -4.06. The van der Waals surface area contributed by atoms with E-state index in [1.807, 2.05) is 0 Å². The minimum Gasteiger partial charge on any atom is -0.377 e. The van der Waals surface area contributed by atoms with Crippen molar-refractivity contribution in [2.45, 2.75) is 36.9 Å². The molecule has 8 heteroatoms. The standard InChI is InChI=1S/C13H18F2N2O3S/c1-8-11(5-6-20-8)17-21(18,19)12-4-3-10(14)9(7-16-2)13(12)15/h3-4,8,11,16-17H,5-7H2,1-2H3. The summed E-state index contributed by atoms with van der Waals surface area (Å²) >= 11 is 0. The van der Waals surface area contributed by atoms with Crippen molar-refractivity contribution in [1.29, 1.82) is 0 Å². The lowest BCUT2D eigenvalue weighted by molar-refractivity contribution is 0.117. The summed E-state index contributed by atoms with van der Waals surface area (Å²) in [7, 11) is -2.54. The quantitative estimate of drug-likeness (QED) is 0.854. The van der Waals surface area contributed by atoms with Gasteiger partial charge in [0.1, 0.15) is 10.7 Å². The lowest BCUT2D eigenvalue weighted by atomic mass is 10.2. The SMILES string of the molecule is CNCc1c(F)ccc(S(=O)(=O)NC2CCOC2C)c1F. The van der Waals surface area contributed by atoms with Gasteiger partial charge in [-0.1, -0.05) is 0 Å². The first kappa shape index (κ1) is 16.3. The van der Waals surface area contributed by atoms with Crippen molar-refractivity contribution in [2.24, 2.45) is 0 Å². The number of nitrogens with one attached hydrogen (secondary N) is 2. The summed E-state index contributed by atoms with van der Waals surface area (Å²) in [5, 5.41) is 2.61. The first-order valence-electron chi connectivity index (χ1n) is 6.62. The number of sulfonamides is 1. The number of hydrogen-bond donors (Lipinski definition) is 2. The van der Waals surface area contributed by atoms with E-state index in [1.165, 1.54) is 7.05 Å². The van der Waals surface area contributed by atoms with Gasteiger partial charge in [-0.15, -0.1) is 0 Å². The molecule has 1 aromatic rings. The number of halogens is 2. The Balaban J connectivity index is 2.34. The van der Waals surface area contributed by atoms with Crippen molar-refractivity contribution in [2.75, 3.05) is 13.7 Å². The molecule has 21 heavy (non-hydrogen) atoms. The second-order valence-electron chi connectivity index (χ2n) is 4.96. The third kappa shape index (κ3) is 3.39. The lowest BCUT2D eigenvalue weighted by Crippen LogP contribution is -2.39. The Bertz CT molecular complexity index is 622. The summed E-state index contributed by atoms with van der Waals surface area (Å²) in [6, 6.07) is 1.48. The Morgan fingerprint density at radius 2 is 2.10 bits per heavy atom. The van der Waals surface area contributed by atoms with Crippen LogP contribution in [0.1, 0.15) is 18.9 Å². The molecule has 1 aromatic carbocycles. The molecular formula is C13H18F2N2O3S. The van der Waals surface area contributed by atoms with Crippen molar-refractivity contribution in [3.05, 3.63) is 29.3 Å². The van der Waals surface area contributed by atoms with E-state index in [-0.39, 0.29) is 18.2 Å². The molecule has 0 aromatic heterocycles. The number of benzene rings is 1. The van der Waals surface area contributed by atoms with E-state index in [9.17, 15) is 17.2 Å². The smallest absolute Gasteiger partial charge is 0.243 e. The summed E-state index contributed by atoms with van der Waals surface area (Å²) in [6.07, 6.45) is 0.243. The highest BCUT2D eigenvalue weighted by Crippen LogP contribution is 2.23. The largest absolute Gasteiger partial charge is 0.377 e. The van der Waals surface area contributed by atoms with E-state index in [0.29, 0.717) is 13.0 Å². The van der Waals surface area contributed by atoms with Gasteiger partial charge in [0.05, 0.1) is 12.1 Å². The van der Waals surface area contributed by atoms with Crippen molar-refractivity contribution in [3.63, 3.8) is 0 Å². The molecule has 1 aliphatic heterocycles. The zero-order chi connectivity index (χ0) is 15.6. The Labute approximate surface area is 122 Å². The van der Waals surface area contributed by atoms with Crippen molar-refractivity contribution in [3.8, 4) is 0 Å². The Hall–Kier alpha value is -1.09. The van der Waals surface area contributed by atoms with Gasteiger partial charge in [-0.25, -0.2) is 21.9 Å². The molecule has 5 nitrogen and oxygen atoms in total. The van der Waals surface area contributed by atoms with E-state index in [2.05, 4.69) is 10.0 Å². The van der Waals surface area contributed by atoms with E-state index in [1.54, 1.807) is 6.92 Å². The van der Waals surface area contributed by atoms with Crippen LogP contribution in [0.25, 0.3) is 0 Å². The molecule has 1 aliphatic rings. The fourth-order valence-corrected chi connectivity index (χ4v) is 3.71. The minimum absolute atomic E-state index is 0.0933. The third-order valence-corrected chi connectivity index (χ3v) is 4.98. The molecule has 1 fully saturated rings. The van der Waals surface area contributed by atoms with Gasteiger partial charge < -0.3 is 10.1 Å². The molecule has 0 bridgehead atoms. The van der Waals surface area contributed by atoms with Gasteiger partial charge in [0.25, 0.3) is 0 Å². The summed E-state index contributed by atoms with van der Waals surface area (Å²) in [5.41, 5.74) is -0.295. The van der Waals surface area contributed by atoms with Crippen LogP contribution in [0.15, 0.2) is 17.0 Å². The van der Waals surface area contributed by atoms with Crippen LogP contribution in [0.2, 0.25) is 0 Å². The fourth-order valence-electron chi connectivity index (χ4n) is 2.27. The van der Waals surface area contributed by atoms with E-state index >= 15 is 0 Å². The normalized spacial score (nSPS) is 22.7. The van der Waals surface area contributed by atoms with E-state index in [4.69, 9.17) is 4.74 Å². The molecule has 1 saturated heterocycles. The topological polar surface area (TPSA) is 67.4 Å². The number of ether oxygens (including phenoxy) is 1. The summed E-state index contributed by atoms with van der Waals surface area (Å²) < 4.78 is 60.0. The van der Waals surface area contributed by atoms with Crippen LogP contribution in [0, 0.1) is 11.6 Å². The predicted octanol–water partition coefficient (Wildman–Crippen LogP) is 1.14. The molecule has 0 aliphatic carbocycles. The van der Waals surface area contributed by atoms with Gasteiger partial charge in [-0.3, -0.25) is 0 Å². The first-order chi connectivity index (χ1) is 9.86. The van der Waals surface area contributed by atoms with Crippen LogP contribution in [-0.4, -0.2) is 34.2 Å². The molecule has 0 radical (unpaired) electrons. The van der Waals surface area contributed by atoms with Crippen LogP contribution < -0.4 is 10.0 Å². The van der Waals surface area contributed by atoms with E-state index in [0.717, 1.165) is 12.1 Å². The average molecular weight is 320 g/mol. The highest BCUT2D eigenvalue weighted by atomic mass is 32.2. The van der Waals surface area contributed by atoms with Crippen molar-refractivity contribution < 1.29 is 21.9 Å². The van der Waals surface area contributed by atoms with Crippen LogP contribution in [-0.2, 0) is 21.3 Å². The second-order valence-corrected chi connectivity index (χ2v) is 6.64. The fraction of sp³-hybridized carbons (Fsp3) is 0.538. The Morgan fingerprint density at radius 1 is 1.38 bits per heavy atom. The van der Waals surface area contributed by atoms with Crippen molar-refractivity contribution >= 4 is 10.0 Å². The van der Waals surface area contributed by atoms with Gasteiger partial charge >= 0.3 is 0 Å². The highest BCUT2D eigenvalue weighted by molar-refractivity contribution is 7.89. The molecule has 0 saturated carbocycles. The summed E-state index contributed by atoms with van der Waals surface area (Å²) in [6.45, 7) is 2.10. The van der Waals surface area contributed by atoms with Crippen LogP contribution in [0.5, 0.6) is 0 Å². The molecule has 2 rings (SSSR count). The molecule has 0 spiro atoms. The number of hydrogen-bond acceptors (Lipinski definition) is 4. The maximum atomic E-state index is 14.3. The third-order valence-electron chi connectivity index (χ3n) is 3.48. The maximum Gasteiger partial charge on any atom is 0.243 e. The second kappa shape index (κ2) is 6.35.